The van der Waals surface area contributed by atoms with E-state index in [1.165, 1.54) is 0 Å². The van der Waals surface area contributed by atoms with Crippen LogP contribution in [0.25, 0.3) is 0 Å². The number of nitrogens with zero attached hydrogens (tertiary/aromatic N) is 5. The van der Waals surface area contributed by atoms with Crippen LogP contribution in [0.3, 0.4) is 0 Å². The van der Waals surface area contributed by atoms with Gasteiger partial charge in [0, 0.05) is 40.3 Å². The second-order valence-electron chi connectivity index (χ2n) is 6.00. The largest absolute Gasteiger partial charge is 0.331 e. The fourth-order valence-corrected chi connectivity index (χ4v) is 3.23. The molecule has 116 valence electrons. The van der Waals surface area contributed by atoms with Crippen LogP contribution in [0.1, 0.15) is 12.8 Å². The highest BCUT2D eigenvalue weighted by molar-refractivity contribution is 5.88. The summed E-state index contributed by atoms with van der Waals surface area (Å²) in [5.74, 6) is 0.0368. The number of urea groups is 1. The molecule has 7 nitrogen and oxygen atoms in total. The first-order valence-electron chi connectivity index (χ1n) is 7.26. The van der Waals surface area contributed by atoms with Gasteiger partial charge in [0.25, 0.3) is 0 Å². The number of rotatable bonds is 1. The molecule has 0 atom stereocenters. The Morgan fingerprint density at radius 2 is 1.90 bits per heavy atom. The molecule has 21 heavy (non-hydrogen) atoms. The van der Waals surface area contributed by atoms with Crippen molar-refractivity contribution in [2.45, 2.75) is 18.4 Å². The van der Waals surface area contributed by atoms with E-state index < -0.39 is 5.54 Å². The van der Waals surface area contributed by atoms with Crippen molar-refractivity contribution in [3.8, 4) is 6.07 Å². The lowest BCUT2D eigenvalue weighted by Crippen LogP contribution is -2.68. The number of likely N-dealkylation sites (N-methyl/N-ethyl adjacent to an activating group) is 1. The van der Waals surface area contributed by atoms with Crippen molar-refractivity contribution < 1.29 is 9.59 Å². The third-order valence-electron chi connectivity index (χ3n) is 4.63. The number of piperazine rings is 1. The van der Waals surface area contributed by atoms with Crippen LogP contribution in [0.4, 0.5) is 4.79 Å². The second kappa shape index (κ2) is 5.90. The van der Waals surface area contributed by atoms with Gasteiger partial charge < -0.3 is 14.7 Å². The van der Waals surface area contributed by atoms with Crippen LogP contribution in [0.2, 0.25) is 0 Å². The van der Waals surface area contributed by atoms with Gasteiger partial charge in [0.1, 0.15) is 12.1 Å². The van der Waals surface area contributed by atoms with Crippen molar-refractivity contribution in [1.29, 1.82) is 5.26 Å². The Bertz CT molecular complexity index is 462. The van der Waals surface area contributed by atoms with Gasteiger partial charge in [-0.25, -0.2) is 4.79 Å². The standard InChI is InChI=1S/C14H23N5O2/c1-16(2)13(21)19-7-4-14(5-8-19)12(20)18(9-6-15)11-10-17(14)3/h4-5,7-11H2,1-3H3. The number of hydrogen-bond donors (Lipinski definition) is 0. The molecule has 2 saturated heterocycles. The Balaban J connectivity index is 2.10. The van der Waals surface area contributed by atoms with E-state index in [1.807, 2.05) is 7.05 Å². The predicted molar refractivity (Wildman–Crippen MR) is 77.4 cm³/mol. The number of carbonyl (C=O) groups is 2. The lowest BCUT2D eigenvalue weighted by Gasteiger charge is -2.51. The number of amides is 3. The van der Waals surface area contributed by atoms with Gasteiger partial charge in [-0.3, -0.25) is 9.69 Å². The zero-order valence-corrected chi connectivity index (χ0v) is 13.0. The summed E-state index contributed by atoms with van der Waals surface area (Å²) in [6, 6.07) is 2.05. The average Bonchev–Trinajstić information content (AvgIpc) is 2.48. The zero-order chi connectivity index (χ0) is 15.6. The molecule has 2 aliphatic rings. The van der Waals surface area contributed by atoms with Gasteiger partial charge in [-0.05, 0) is 19.9 Å². The van der Waals surface area contributed by atoms with Gasteiger partial charge in [-0.15, -0.1) is 0 Å². The van der Waals surface area contributed by atoms with Crippen LogP contribution < -0.4 is 0 Å². The fraction of sp³-hybridized carbons (Fsp3) is 0.786. The normalized spacial score (nSPS) is 22.3. The van der Waals surface area contributed by atoms with Crippen LogP contribution in [0.5, 0.6) is 0 Å². The monoisotopic (exact) mass is 293 g/mol. The first-order valence-corrected chi connectivity index (χ1v) is 7.26. The first kappa shape index (κ1) is 15.6. The van der Waals surface area contributed by atoms with Crippen molar-refractivity contribution >= 4 is 11.9 Å². The minimum Gasteiger partial charge on any atom is -0.331 e. The highest BCUT2D eigenvalue weighted by Crippen LogP contribution is 2.32. The summed E-state index contributed by atoms with van der Waals surface area (Å²) < 4.78 is 0. The van der Waals surface area contributed by atoms with Crippen molar-refractivity contribution in [3.05, 3.63) is 0 Å². The molecule has 0 aliphatic carbocycles. The minimum atomic E-state index is -0.543. The van der Waals surface area contributed by atoms with Gasteiger partial charge in [0.2, 0.25) is 5.91 Å². The quantitative estimate of drug-likeness (QED) is 0.628. The van der Waals surface area contributed by atoms with Crippen LogP contribution in [-0.2, 0) is 4.79 Å². The first-order chi connectivity index (χ1) is 9.92. The number of piperidine rings is 1. The Kier molecular flexibility index (Phi) is 4.37. The van der Waals surface area contributed by atoms with E-state index in [0.717, 1.165) is 6.54 Å². The van der Waals surface area contributed by atoms with Crippen molar-refractivity contribution in [2.24, 2.45) is 0 Å². The molecular formula is C14H23N5O2. The third kappa shape index (κ3) is 2.68. The zero-order valence-electron chi connectivity index (χ0n) is 13.0. The summed E-state index contributed by atoms with van der Waals surface area (Å²) in [6.45, 7) is 2.68. The minimum absolute atomic E-state index is 0.00959. The van der Waals surface area contributed by atoms with Gasteiger partial charge in [0.05, 0.1) is 6.07 Å². The number of likely N-dealkylation sites (tertiary alicyclic amines) is 1. The van der Waals surface area contributed by atoms with E-state index in [1.54, 1.807) is 28.8 Å². The molecule has 0 unspecified atom stereocenters. The van der Waals surface area contributed by atoms with E-state index in [2.05, 4.69) is 11.0 Å². The lowest BCUT2D eigenvalue weighted by atomic mass is 9.83. The third-order valence-corrected chi connectivity index (χ3v) is 4.63. The van der Waals surface area contributed by atoms with E-state index in [-0.39, 0.29) is 18.5 Å². The molecule has 0 aromatic carbocycles. The molecule has 3 amide bonds. The number of nitriles is 1. The van der Waals surface area contributed by atoms with E-state index in [0.29, 0.717) is 32.5 Å². The number of hydrogen-bond acceptors (Lipinski definition) is 4. The Morgan fingerprint density at radius 3 is 2.43 bits per heavy atom. The summed E-state index contributed by atoms with van der Waals surface area (Å²) in [5.41, 5.74) is -0.543. The van der Waals surface area contributed by atoms with E-state index in [4.69, 9.17) is 5.26 Å². The topological polar surface area (TPSA) is 70.9 Å². The summed E-state index contributed by atoms with van der Waals surface area (Å²) in [6.07, 6.45) is 1.26. The highest BCUT2D eigenvalue weighted by atomic mass is 16.2. The highest BCUT2D eigenvalue weighted by Gasteiger charge is 2.49. The molecule has 2 fully saturated rings. The average molecular weight is 293 g/mol. The Morgan fingerprint density at radius 1 is 1.29 bits per heavy atom. The smallest absolute Gasteiger partial charge is 0.319 e. The van der Waals surface area contributed by atoms with Crippen LogP contribution in [0.15, 0.2) is 0 Å². The van der Waals surface area contributed by atoms with Gasteiger partial charge in [0.15, 0.2) is 0 Å². The van der Waals surface area contributed by atoms with Gasteiger partial charge in [-0.1, -0.05) is 0 Å². The lowest BCUT2D eigenvalue weighted by molar-refractivity contribution is -0.152. The molecule has 2 aliphatic heterocycles. The predicted octanol–water partition coefficient (Wildman–Crippen LogP) is -0.200. The Labute approximate surface area is 125 Å². The van der Waals surface area contributed by atoms with Crippen molar-refractivity contribution in [2.75, 3.05) is 53.9 Å². The van der Waals surface area contributed by atoms with Crippen LogP contribution in [-0.4, -0.2) is 90.9 Å². The van der Waals surface area contributed by atoms with Crippen LogP contribution in [0, 0.1) is 11.3 Å². The molecule has 0 aromatic rings. The molecule has 0 saturated carbocycles. The van der Waals surface area contributed by atoms with E-state index >= 15 is 0 Å². The van der Waals surface area contributed by atoms with Crippen LogP contribution >= 0.6 is 0 Å². The molecule has 0 aromatic heterocycles. The van der Waals surface area contributed by atoms with E-state index in [9.17, 15) is 9.59 Å². The molecule has 2 heterocycles. The van der Waals surface area contributed by atoms with Crippen molar-refractivity contribution in [3.63, 3.8) is 0 Å². The molecule has 0 bridgehead atoms. The molecule has 7 heteroatoms. The maximum atomic E-state index is 12.7. The molecule has 0 N–H and O–H groups in total. The second-order valence-corrected chi connectivity index (χ2v) is 6.00. The maximum Gasteiger partial charge on any atom is 0.319 e. The summed E-state index contributed by atoms with van der Waals surface area (Å²) in [7, 11) is 5.43. The van der Waals surface area contributed by atoms with Crippen molar-refractivity contribution in [1.82, 2.24) is 19.6 Å². The summed E-state index contributed by atoms with van der Waals surface area (Å²) in [5, 5.41) is 8.85. The van der Waals surface area contributed by atoms with Gasteiger partial charge in [-0.2, -0.15) is 5.26 Å². The molecule has 2 rings (SSSR count). The molecule has 0 radical (unpaired) electrons. The summed E-state index contributed by atoms with van der Waals surface area (Å²) >= 11 is 0. The Hall–Kier alpha value is -1.81. The van der Waals surface area contributed by atoms with Gasteiger partial charge >= 0.3 is 6.03 Å². The summed E-state index contributed by atoms with van der Waals surface area (Å²) in [4.78, 5) is 31.8. The molecular weight excluding hydrogens is 270 g/mol. The maximum absolute atomic E-state index is 12.7. The SMILES string of the molecule is CN(C)C(=O)N1CCC2(CC1)C(=O)N(CC#N)CCN2C. The fourth-order valence-electron chi connectivity index (χ4n) is 3.23. The number of carbonyl (C=O) groups excluding carboxylic acids is 2. The molecule has 1 spiro atoms.